The molecule has 1 unspecified atom stereocenters. The van der Waals surface area contributed by atoms with Gasteiger partial charge in [-0.05, 0) is 44.0 Å². The van der Waals surface area contributed by atoms with Gasteiger partial charge in [0.05, 0.1) is 0 Å². The third-order valence-electron chi connectivity index (χ3n) is 2.72. The van der Waals surface area contributed by atoms with Crippen LogP contribution in [0.15, 0.2) is 34.7 Å². The van der Waals surface area contributed by atoms with Crippen molar-refractivity contribution in [3.63, 3.8) is 0 Å². The first-order valence-corrected chi connectivity index (χ1v) is 5.79. The van der Waals surface area contributed by atoms with Gasteiger partial charge in [0.2, 0.25) is 0 Å². The van der Waals surface area contributed by atoms with E-state index < -0.39 is 0 Å². The molecule has 1 heterocycles. The summed E-state index contributed by atoms with van der Waals surface area (Å²) < 4.78 is 5.56. The van der Waals surface area contributed by atoms with Gasteiger partial charge in [-0.1, -0.05) is 23.8 Å². The second-order valence-electron chi connectivity index (χ2n) is 4.17. The van der Waals surface area contributed by atoms with Gasteiger partial charge in [0.1, 0.15) is 16.9 Å². The van der Waals surface area contributed by atoms with E-state index in [-0.39, 0.29) is 5.38 Å². The predicted molar refractivity (Wildman–Crippen MR) is 67.1 cm³/mol. The molecule has 0 aliphatic heterocycles. The molecule has 0 radical (unpaired) electrons. The highest BCUT2D eigenvalue weighted by Gasteiger charge is 2.16. The fraction of sp³-hybridized carbons (Fsp3) is 0.286. The molecule has 0 aliphatic rings. The Bertz CT molecular complexity index is 499. The summed E-state index contributed by atoms with van der Waals surface area (Å²) in [6.45, 7) is 6.07. The Morgan fingerprint density at radius 2 is 1.81 bits per heavy atom. The van der Waals surface area contributed by atoms with Gasteiger partial charge >= 0.3 is 0 Å². The van der Waals surface area contributed by atoms with Crippen LogP contribution < -0.4 is 0 Å². The van der Waals surface area contributed by atoms with E-state index >= 15 is 0 Å². The molecule has 0 fully saturated rings. The first-order valence-electron chi connectivity index (χ1n) is 5.35. The molecule has 2 aromatic rings. The van der Waals surface area contributed by atoms with Crippen LogP contribution >= 0.6 is 11.6 Å². The van der Waals surface area contributed by atoms with E-state index in [1.807, 2.05) is 19.1 Å². The second kappa shape index (κ2) is 4.34. The topological polar surface area (TPSA) is 13.1 Å². The summed E-state index contributed by atoms with van der Waals surface area (Å²) in [5.41, 5.74) is 3.53. The lowest BCUT2D eigenvalue weighted by Crippen LogP contribution is -1.95. The van der Waals surface area contributed by atoms with E-state index in [9.17, 15) is 0 Å². The number of furan rings is 1. The molecule has 0 N–H and O–H groups in total. The van der Waals surface area contributed by atoms with Crippen molar-refractivity contribution in [1.29, 1.82) is 0 Å². The molecule has 0 saturated heterocycles. The summed E-state index contributed by atoms with van der Waals surface area (Å²) >= 11 is 6.43. The lowest BCUT2D eigenvalue weighted by Gasteiger charge is -2.11. The predicted octanol–water partition coefficient (Wildman–Crippen LogP) is 4.53. The minimum absolute atomic E-state index is 0.200. The van der Waals surface area contributed by atoms with Gasteiger partial charge in [0.15, 0.2) is 0 Å². The summed E-state index contributed by atoms with van der Waals surface area (Å²) in [5, 5.41) is -0.200. The van der Waals surface area contributed by atoms with E-state index in [2.05, 4.69) is 32.0 Å². The number of rotatable bonds is 2. The maximum Gasteiger partial charge on any atom is 0.126 e. The van der Waals surface area contributed by atoms with Gasteiger partial charge in [0.25, 0.3) is 0 Å². The van der Waals surface area contributed by atoms with E-state index in [1.165, 1.54) is 11.1 Å². The molecule has 16 heavy (non-hydrogen) atoms. The lowest BCUT2D eigenvalue weighted by atomic mass is 10.0. The normalized spacial score (nSPS) is 12.8. The highest BCUT2D eigenvalue weighted by Crippen LogP contribution is 2.32. The van der Waals surface area contributed by atoms with Crippen molar-refractivity contribution in [2.75, 3.05) is 0 Å². The molecule has 1 aromatic heterocycles. The number of hydrogen-bond donors (Lipinski definition) is 0. The summed E-state index contributed by atoms with van der Waals surface area (Å²) in [7, 11) is 0. The maximum atomic E-state index is 6.43. The Balaban J connectivity index is 2.40. The SMILES string of the molecule is Cc1ccc(C)c(C(Cl)c2ccc(C)o2)c1. The van der Waals surface area contributed by atoms with E-state index in [4.69, 9.17) is 16.0 Å². The quantitative estimate of drug-likeness (QED) is 0.696. The van der Waals surface area contributed by atoms with Crippen molar-refractivity contribution in [2.24, 2.45) is 0 Å². The van der Waals surface area contributed by atoms with Crippen LogP contribution in [0.1, 0.15) is 33.6 Å². The smallest absolute Gasteiger partial charge is 0.126 e. The zero-order valence-corrected chi connectivity index (χ0v) is 10.5. The molecular weight excluding hydrogens is 220 g/mol. The van der Waals surface area contributed by atoms with Gasteiger partial charge in [-0.3, -0.25) is 0 Å². The van der Waals surface area contributed by atoms with Gasteiger partial charge in [0, 0.05) is 0 Å². The van der Waals surface area contributed by atoms with Crippen LogP contribution in [-0.4, -0.2) is 0 Å². The fourth-order valence-electron chi connectivity index (χ4n) is 1.78. The number of hydrogen-bond acceptors (Lipinski definition) is 1. The summed E-state index contributed by atoms with van der Waals surface area (Å²) in [4.78, 5) is 0. The number of halogens is 1. The van der Waals surface area contributed by atoms with E-state index in [0.717, 1.165) is 17.1 Å². The molecule has 0 saturated carbocycles. The van der Waals surface area contributed by atoms with Crippen LogP contribution in [-0.2, 0) is 0 Å². The Hall–Kier alpha value is -1.21. The van der Waals surface area contributed by atoms with Crippen molar-refractivity contribution in [1.82, 2.24) is 0 Å². The van der Waals surface area contributed by atoms with Crippen LogP contribution in [0.5, 0.6) is 0 Å². The highest BCUT2D eigenvalue weighted by molar-refractivity contribution is 6.22. The van der Waals surface area contributed by atoms with E-state index in [0.29, 0.717) is 0 Å². The molecule has 0 aliphatic carbocycles. The minimum Gasteiger partial charge on any atom is -0.464 e. The molecule has 1 atom stereocenters. The molecule has 0 amide bonds. The van der Waals surface area contributed by atoms with Gasteiger partial charge < -0.3 is 4.42 Å². The second-order valence-corrected chi connectivity index (χ2v) is 4.61. The third kappa shape index (κ3) is 2.14. The highest BCUT2D eigenvalue weighted by atomic mass is 35.5. The van der Waals surface area contributed by atoms with Crippen LogP contribution in [0.25, 0.3) is 0 Å². The van der Waals surface area contributed by atoms with Crippen molar-refractivity contribution in [3.8, 4) is 0 Å². The Morgan fingerprint density at radius 3 is 2.44 bits per heavy atom. The van der Waals surface area contributed by atoms with Crippen molar-refractivity contribution >= 4 is 11.6 Å². The molecule has 1 nitrogen and oxygen atoms in total. The lowest BCUT2D eigenvalue weighted by molar-refractivity contribution is 0.489. The standard InChI is InChI=1S/C14H15ClO/c1-9-4-5-10(2)12(8-9)14(15)13-7-6-11(3)16-13/h4-8,14H,1-3H3. The molecular formula is C14H15ClO. The van der Waals surface area contributed by atoms with E-state index in [1.54, 1.807) is 0 Å². The summed E-state index contributed by atoms with van der Waals surface area (Å²) in [5.74, 6) is 1.71. The zero-order chi connectivity index (χ0) is 11.7. The third-order valence-corrected chi connectivity index (χ3v) is 3.17. The Labute approximate surface area is 101 Å². The molecule has 2 rings (SSSR count). The van der Waals surface area contributed by atoms with Crippen molar-refractivity contribution < 1.29 is 4.42 Å². The number of alkyl halides is 1. The fourth-order valence-corrected chi connectivity index (χ4v) is 2.13. The maximum absolute atomic E-state index is 6.43. The zero-order valence-electron chi connectivity index (χ0n) is 9.75. The minimum atomic E-state index is -0.200. The molecule has 0 spiro atoms. The van der Waals surface area contributed by atoms with Crippen molar-refractivity contribution in [2.45, 2.75) is 26.1 Å². The summed E-state index contributed by atoms with van der Waals surface area (Å²) in [6, 6.07) is 10.2. The van der Waals surface area contributed by atoms with Crippen LogP contribution in [0.2, 0.25) is 0 Å². The number of aryl methyl sites for hydroxylation is 3. The Kier molecular flexibility index (Phi) is 3.06. The average molecular weight is 235 g/mol. The monoisotopic (exact) mass is 234 g/mol. The van der Waals surface area contributed by atoms with Gasteiger partial charge in [-0.25, -0.2) is 0 Å². The summed E-state index contributed by atoms with van der Waals surface area (Å²) in [6.07, 6.45) is 0. The van der Waals surface area contributed by atoms with Crippen molar-refractivity contribution in [3.05, 3.63) is 58.5 Å². The molecule has 0 bridgehead atoms. The van der Waals surface area contributed by atoms with Crippen LogP contribution in [0, 0.1) is 20.8 Å². The largest absolute Gasteiger partial charge is 0.464 e. The van der Waals surface area contributed by atoms with Crippen LogP contribution in [0.4, 0.5) is 0 Å². The molecule has 84 valence electrons. The van der Waals surface area contributed by atoms with Gasteiger partial charge in [-0.2, -0.15) is 0 Å². The average Bonchev–Trinajstić information content (AvgIpc) is 2.67. The Morgan fingerprint density at radius 1 is 1.06 bits per heavy atom. The molecule has 1 aromatic carbocycles. The van der Waals surface area contributed by atoms with Crippen LogP contribution in [0.3, 0.4) is 0 Å². The molecule has 2 heteroatoms. The first kappa shape index (κ1) is 11.3. The van der Waals surface area contributed by atoms with Gasteiger partial charge in [-0.15, -0.1) is 11.6 Å². The number of benzene rings is 1. The first-order chi connectivity index (χ1) is 7.58.